The maximum absolute atomic E-state index is 13.4. The summed E-state index contributed by atoms with van der Waals surface area (Å²) in [5.74, 6) is -2.86. The standard InChI is InChI=1S/C11H9F2N3O2/c12-7-4-8(13)9(3-6(7)11(17)18)16-5-10-14-1-2-15-10/h1-4,16H,5H2,(H,14,15)(H,17,18). The van der Waals surface area contributed by atoms with Gasteiger partial charge in [-0.3, -0.25) is 0 Å². The van der Waals surface area contributed by atoms with E-state index >= 15 is 0 Å². The lowest BCUT2D eigenvalue weighted by molar-refractivity contribution is 0.0692. The fourth-order valence-electron chi connectivity index (χ4n) is 1.42. The van der Waals surface area contributed by atoms with Crippen LogP contribution in [0.15, 0.2) is 24.5 Å². The van der Waals surface area contributed by atoms with Gasteiger partial charge in [0.2, 0.25) is 0 Å². The minimum Gasteiger partial charge on any atom is -0.478 e. The van der Waals surface area contributed by atoms with Crippen LogP contribution in [0.1, 0.15) is 16.2 Å². The van der Waals surface area contributed by atoms with Crippen LogP contribution in [-0.2, 0) is 6.54 Å². The Balaban J connectivity index is 2.22. The van der Waals surface area contributed by atoms with Gasteiger partial charge in [-0.2, -0.15) is 0 Å². The van der Waals surface area contributed by atoms with E-state index in [0.717, 1.165) is 6.07 Å². The Morgan fingerprint density at radius 2 is 2.17 bits per heavy atom. The zero-order valence-electron chi connectivity index (χ0n) is 9.08. The second-order valence-electron chi connectivity index (χ2n) is 3.51. The maximum Gasteiger partial charge on any atom is 0.338 e. The van der Waals surface area contributed by atoms with E-state index in [4.69, 9.17) is 5.11 Å². The summed E-state index contributed by atoms with van der Waals surface area (Å²) >= 11 is 0. The number of halogens is 2. The van der Waals surface area contributed by atoms with Crippen molar-refractivity contribution in [1.82, 2.24) is 9.97 Å². The number of imidazole rings is 1. The SMILES string of the molecule is O=C(O)c1cc(NCc2ncc[nH]2)c(F)cc1F. The molecular formula is C11H9F2N3O2. The van der Waals surface area contributed by atoms with Gasteiger partial charge in [0.05, 0.1) is 17.8 Å². The van der Waals surface area contributed by atoms with Crippen molar-refractivity contribution in [3.63, 3.8) is 0 Å². The van der Waals surface area contributed by atoms with Gasteiger partial charge in [-0.05, 0) is 6.07 Å². The number of carbonyl (C=O) groups is 1. The van der Waals surface area contributed by atoms with Crippen molar-refractivity contribution in [3.05, 3.63) is 47.5 Å². The molecule has 0 unspecified atom stereocenters. The molecule has 0 atom stereocenters. The van der Waals surface area contributed by atoms with E-state index < -0.39 is 23.2 Å². The first-order chi connectivity index (χ1) is 8.58. The molecule has 0 bridgehead atoms. The van der Waals surface area contributed by atoms with Gasteiger partial charge in [-0.15, -0.1) is 0 Å². The van der Waals surface area contributed by atoms with E-state index in [1.54, 1.807) is 6.20 Å². The molecule has 0 saturated heterocycles. The Morgan fingerprint density at radius 3 is 2.78 bits per heavy atom. The molecule has 18 heavy (non-hydrogen) atoms. The number of carboxylic acid groups (broad SMARTS) is 1. The Hall–Kier alpha value is -2.44. The topological polar surface area (TPSA) is 78.0 Å². The highest BCUT2D eigenvalue weighted by Crippen LogP contribution is 2.20. The van der Waals surface area contributed by atoms with Crippen LogP contribution < -0.4 is 5.32 Å². The zero-order valence-corrected chi connectivity index (χ0v) is 9.08. The van der Waals surface area contributed by atoms with Gasteiger partial charge in [-0.25, -0.2) is 18.6 Å². The highest BCUT2D eigenvalue weighted by Gasteiger charge is 2.15. The van der Waals surface area contributed by atoms with Crippen molar-refractivity contribution in [2.45, 2.75) is 6.54 Å². The first-order valence-electron chi connectivity index (χ1n) is 5.02. The average molecular weight is 253 g/mol. The van der Waals surface area contributed by atoms with Crippen LogP contribution in [0.25, 0.3) is 0 Å². The normalized spacial score (nSPS) is 10.3. The van der Waals surface area contributed by atoms with Crippen LogP contribution in [-0.4, -0.2) is 21.0 Å². The fraction of sp³-hybridized carbons (Fsp3) is 0.0909. The quantitative estimate of drug-likeness (QED) is 0.778. The molecule has 0 aliphatic rings. The number of anilines is 1. The Labute approximate surface area is 100 Å². The molecule has 0 spiro atoms. The molecule has 3 N–H and O–H groups in total. The summed E-state index contributed by atoms with van der Waals surface area (Å²) in [4.78, 5) is 17.4. The van der Waals surface area contributed by atoms with Gasteiger partial charge in [0.1, 0.15) is 17.5 Å². The Kier molecular flexibility index (Phi) is 3.22. The summed E-state index contributed by atoms with van der Waals surface area (Å²) in [6.45, 7) is 0.175. The second-order valence-corrected chi connectivity index (χ2v) is 3.51. The molecule has 94 valence electrons. The van der Waals surface area contributed by atoms with Crippen molar-refractivity contribution < 1.29 is 18.7 Å². The summed E-state index contributed by atoms with van der Waals surface area (Å²) in [5, 5.41) is 11.4. The Morgan fingerprint density at radius 1 is 1.39 bits per heavy atom. The monoisotopic (exact) mass is 253 g/mol. The molecule has 1 aromatic heterocycles. The number of hydrogen-bond acceptors (Lipinski definition) is 3. The van der Waals surface area contributed by atoms with Crippen LogP contribution >= 0.6 is 0 Å². The van der Waals surface area contributed by atoms with E-state index in [1.807, 2.05) is 0 Å². The smallest absolute Gasteiger partial charge is 0.338 e. The third kappa shape index (κ3) is 2.45. The van der Waals surface area contributed by atoms with Crippen LogP contribution in [0.2, 0.25) is 0 Å². The number of carboxylic acids is 1. The lowest BCUT2D eigenvalue weighted by atomic mass is 10.2. The predicted molar refractivity (Wildman–Crippen MR) is 59.2 cm³/mol. The molecule has 1 heterocycles. The van der Waals surface area contributed by atoms with Gasteiger partial charge >= 0.3 is 5.97 Å². The highest BCUT2D eigenvalue weighted by atomic mass is 19.1. The van der Waals surface area contributed by atoms with Crippen molar-refractivity contribution in [3.8, 4) is 0 Å². The maximum atomic E-state index is 13.4. The number of hydrogen-bond donors (Lipinski definition) is 3. The van der Waals surface area contributed by atoms with Crippen molar-refractivity contribution >= 4 is 11.7 Å². The number of aromatic nitrogens is 2. The van der Waals surface area contributed by atoms with Gasteiger partial charge < -0.3 is 15.4 Å². The van der Waals surface area contributed by atoms with E-state index in [9.17, 15) is 13.6 Å². The zero-order chi connectivity index (χ0) is 13.1. The summed E-state index contributed by atoms with van der Waals surface area (Å²) in [7, 11) is 0. The summed E-state index contributed by atoms with van der Waals surface area (Å²) < 4.78 is 26.5. The number of rotatable bonds is 4. The minimum atomic E-state index is -1.45. The van der Waals surface area contributed by atoms with E-state index in [-0.39, 0.29) is 12.2 Å². The summed E-state index contributed by atoms with van der Waals surface area (Å²) in [6, 6.07) is 1.45. The first-order valence-corrected chi connectivity index (χ1v) is 5.02. The molecule has 0 amide bonds. The van der Waals surface area contributed by atoms with Gasteiger partial charge in [0.25, 0.3) is 0 Å². The van der Waals surface area contributed by atoms with Crippen LogP contribution in [0, 0.1) is 11.6 Å². The third-order valence-corrected chi connectivity index (χ3v) is 2.29. The molecule has 0 aliphatic heterocycles. The summed E-state index contributed by atoms with van der Waals surface area (Å²) in [5.41, 5.74) is -0.677. The van der Waals surface area contributed by atoms with Crippen molar-refractivity contribution in [2.24, 2.45) is 0 Å². The first kappa shape index (κ1) is 12.0. The van der Waals surface area contributed by atoms with E-state index in [2.05, 4.69) is 15.3 Å². The number of nitrogens with one attached hydrogen (secondary N) is 2. The van der Waals surface area contributed by atoms with E-state index in [1.165, 1.54) is 6.20 Å². The molecule has 0 radical (unpaired) electrons. The van der Waals surface area contributed by atoms with E-state index in [0.29, 0.717) is 11.9 Å². The van der Waals surface area contributed by atoms with Crippen molar-refractivity contribution in [1.29, 1.82) is 0 Å². The molecule has 0 fully saturated rings. The average Bonchev–Trinajstić information content (AvgIpc) is 2.80. The number of H-pyrrole nitrogens is 1. The molecule has 0 saturated carbocycles. The second kappa shape index (κ2) is 4.82. The van der Waals surface area contributed by atoms with Crippen LogP contribution in [0.5, 0.6) is 0 Å². The Bertz CT molecular complexity index is 570. The highest BCUT2D eigenvalue weighted by molar-refractivity contribution is 5.89. The number of aromatic amines is 1. The molecule has 0 aliphatic carbocycles. The fourth-order valence-corrected chi connectivity index (χ4v) is 1.42. The predicted octanol–water partition coefficient (Wildman–Crippen LogP) is 2.00. The number of aromatic carboxylic acids is 1. The van der Waals surface area contributed by atoms with Gasteiger partial charge in [0, 0.05) is 18.5 Å². The lowest BCUT2D eigenvalue weighted by Gasteiger charge is -2.07. The minimum absolute atomic E-state index is 0.0924. The van der Waals surface area contributed by atoms with Crippen LogP contribution in [0.3, 0.4) is 0 Å². The van der Waals surface area contributed by atoms with Gasteiger partial charge in [-0.1, -0.05) is 0 Å². The van der Waals surface area contributed by atoms with Crippen molar-refractivity contribution in [2.75, 3.05) is 5.32 Å². The molecule has 1 aromatic carbocycles. The molecule has 2 rings (SSSR count). The molecular weight excluding hydrogens is 244 g/mol. The number of benzene rings is 1. The summed E-state index contributed by atoms with van der Waals surface area (Å²) in [6.07, 6.45) is 3.13. The van der Waals surface area contributed by atoms with Crippen LogP contribution in [0.4, 0.5) is 14.5 Å². The largest absolute Gasteiger partial charge is 0.478 e. The molecule has 5 nitrogen and oxygen atoms in total. The molecule has 7 heteroatoms. The molecule has 2 aromatic rings. The van der Waals surface area contributed by atoms with Gasteiger partial charge in [0.15, 0.2) is 0 Å². The lowest BCUT2D eigenvalue weighted by Crippen LogP contribution is -2.07. The third-order valence-electron chi connectivity index (χ3n) is 2.29. The number of nitrogens with zero attached hydrogens (tertiary/aromatic N) is 1.